The van der Waals surface area contributed by atoms with Gasteiger partial charge in [0.15, 0.2) is 0 Å². The smallest absolute Gasteiger partial charge is 0.223 e. The maximum absolute atomic E-state index is 12.1. The molecule has 1 aromatic rings. The minimum absolute atomic E-state index is 0.101. The van der Waals surface area contributed by atoms with E-state index in [9.17, 15) is 9.90 Å². The molecule has 0 aromatic heterocycles. The lowest BCUT2D eigenvalue weighted by Crippen LogP contribution is -2.36. The van der Waals surface area contributed by atoms with E-state index in [4.69, 9.17) is 0 Å². The van der Waals surface area contributed by atoms with Crippen molar-refractivity contribution in [1.82, 2.24) is 5.32 Å². The van der Waals surface area contributed by atoms with E-state index in [1.165, 1.54) is 6.42 Å². The number of carbonyl (C=O) groups excluding carboxylic acids is 1. The highest BCUT2D eigenvalue weighted by Gasteiger charge is 2.25. The molecule has 1 aromatic carbocycles. The second kappa shape index (κ2) is 6.89. The first-order valence-electron chi connectivity index (χ1n) is 7.59. The van der Waals surface area contributed by atoms with Gasteiger partial charge in [0.1, 0.15) is 0 Å². The number of benzene rings is 1. The van der Waals surface area contributed by atoms with E-state index in [0.29, 0.717) is 12.5 Å². The second-order valence-corrected chi connectivity index (χ2v) is 6.09. The van der Waals surface area contributed by atoms with E-state index in [2.05, 4.69) is 12.2 Å². The highest BCUT2D eigenvalue weighted by Crippen LogP contribution is 2.28. The molecule has 3 heteroatoms. The fourth-order valence-electron chi connectivity index (χ4n) is 3.08. The van der Waals surface area contributed by atoms with E-state index >= 15 is 0 Å². The quantitative estimate of drug-likeness (QED) is 0.887. The summed E-state index contributed by atoms with van der Waals surface area (Å²) in [4.78, 5) is 12.1. The Morgan fingerprint density at radius 3 is 2.85 bits per heavy atom. The van der Waals surface area contributed by atoms with Crippen LogP contribution in [0.3, 0.4) is 0 Å². The van der Waals surface area contributed by atoms with Crippen molar-refractivity contribution in [2.75, 3.05) is 6.54 Å². The first kappa shape index (κ1) is 15.0. The lowest BCUT2D eigenvalue weighted by Gasteiger charge is -2.26. The molecule has 1 aliphatic carbocycles. The van der Waals surface area contributed by atoms with Crippen molar-refractivity contribution in [2.24, 2.45) is 11.8 Å². The van der Waals surface area contributed by atoms with Crippen molar-refractivity contribution in [3.8, 4) is 0 Å². The van der Waals surface area contributed by atoms with Gasteiger partial charge in [0.25, 0.3) is 0 Å². The average molecular weight is 275 g/mol. The Morgan fingerprint density at radius 1 is 1.40 bits per heavy atom. The van der Waals surface area contributed by atoms with Crippen LogP contribution in [0.25, 0.3) is 0 Å². The standard InChI is InChI=1S/C17H25NO2/c1-12-6-5-8-14(10-12)17(20)18-11-16(19)15-9-4-3-7-13(15)2/h3-4,7,9,12,14,16,19H,5-6,8,10-11H2,1-2H3,(H,18,20). The summed E-state index contributed by atoms with van der Waals surface area (Å²) in [5.41, 5.74) is 1.95. The first-order valence-corrected chi connectivity index (χ1v) is 7.59. The summed E-state index contributed by atoms with van der Waals surface area (Å²) in [6.07, 6.45) is 3.71. The van der Waals surface area contributed by atoms with Gasteiger partial charge < -0.3 is 10.4 Å². The van der Waals surface area contributed by atoms with Crippen molar-refractivity contribution < 1.29 is 9.90 Å². The second-order valence-electron chi connectivity index (χ2n) is 6.09. The van der Waals surface area contributed by atoms with E-state index < -0.39 is 6.10 Å². The third-order valence-electron chi connectivity index (χ3n) is 4.32. The summed E-state index contributed by atoms with van der Waals surface area (Å²) in [5.74, 6) is 0.868. The monoisotopic (exact) mass is 275 g/mol. The van der Waals surface area contributed by atoms with E-state index in [-0.39, 0.29) is 11.8 Å². The van der Waals surface area contributed by atoms with Crippen LogP contribution in [0, 0.1) is 18.8 Å². The zero-order valence-electron chi connectivity index (χ0n) is 12.4. The Morgan fingerprint density at radius 2 is 2.15 bits per heavy atom. The minimum Gasteiger partial charge on any atom is -0.387 e. The topological polar surface area (TPSA) is 49.3 Å². The molecule has 1 saturated carbocycles. The van der Waals surface area contributed by atoms with Crippen LogP contribution in [0.4, 0.5) is 0 Å². The normalized spacial score (nSPS) is 24.1. The van der Waals surface area contributed by atoms with Crippen LogP contribution in [0.5, 0.6) is 0 Å². The van der Waals surface area contributed by atoms with Gasteiger partial charge in [-0.15, -0.1) is 0 Å². The molecule has 0 saturated heterocycles. The van der Waals surface area contributed by atoms with E-state index in [1.807, 2.05) is 31.2 Å². The SMILES string of the molecule is Cc1ccccc1C(O)CNC(=O)C1CCCC(C)C1. The molecule has 110 valence electrons. The molecule has 0 heterocycles. The Balaban J connectivity index is 1.85. The van der Waals surface area contributed by atoms with Gasteiger partial charge in [-0.05, 0) is 36.8 Å². The van der Waals surface area contributed by atoms with Gasteiger partial charge in [0, 0.05) is 12.5 Å². The zero-order valence-corrected chi connectivity index (χ0v) is 12.4. The number of carbonyl (C=O) groups is 1. The lowest BCUT2D eigenvalue weighted by atomic mass is 9.82. The van der Waals surface area contributed by atoms with Gasteiger partial charge in [0.2, 0.25) is 5.91 Å². The predicted molar refractivity (Wildman–Crippen MR) is 80.3 cm³/mol. The molecule has 2 rings (SSSR count). The van der Waals surface area contributed by atoms with E-state index in [1.54, 1.807) is 0 Å². The fraction of sp³-hybridized carbons (Fsp3) is 0.588. The number of aliphatic hydroxyl groups is 1. The molecule has 1 fully saturated rings. The molecule has 1 amide bonds. The third kappa shape index (κ3) is 3.83. The highest BCUT2D eigenvalue weighted by molar-refractivity contribution is 5.78. The van der Waals surface area contributed by atoms with Gasteiger partial charge >= 0.3 is 0 Å². The van der Waals surface area contributed by atoms with Gasteiger partial charge in [-0.3, -0.25) is 4.79 Å². The average Bonchev–Trinajstić information content (AvgIpc) is 2.45. The number of hydrogen-bond acceptors (Lipinski definition) is 2. The van der Waals surface area contributed by atoms with Crippen molar-refractivity contribution in [3.05, 3.63) is 35.4 Å². The Labute approximate surface area is 121 Å². The van der Waals surface area contributed by atoms with Crippen LogP contribution in [0.1, 0.15) is 49.8 Å². The predicted octanol–water partition coefficient (Wildman–Crippen LogP) is 2.97. The van der Waals surface area contributed by atoms with Gasteiger partial charge in [-0.25, -0.2) is 0 Å². The number of amides is 1. The molecule has 3 nitrogen and oxygen atoms in total. The van der Waals surface area contributed by atoms with E-state index in [0.717, 1.165) is 30.4 Å². The molecule has 20 heavy (non-hydrogen) atoms. The molecule has 0 spiro atoms. The molecule has 1 aliphatic rings. The summed E-state index contributed by atoms with van der Waals surface area (Å²) in [7, 11) is 0. The molecule has 0 radical (unpaired) electrons. The number of hydrogen-bond donors (Lipinski definition) is 2. The van der Waals surface area contributed by atoms with Gasteiger partial charge in [-0.2, -0.15) is 0 Å². The minimum atomic E-state index is -0.624. The van der Waals surface area contributed by atoms with Crippen molar-refractivity contribution in [2.45, 2.75) is 45.6 Å². The number of rotatable bonds is 4. The molecule has 3 unspecified atom stereocenters. The molecular formula is C17H25NO2. The Kier molecular flexibility index (Phi) is 5.18. The van der Waals surface area contributed by atoms with Crippen molar-refractivity contribution in [1.29, 1.82) is 0 Å². The number of aryl methyl sites for hydroxylation is 1. The van der Waals surface area contributed by atoms with Crippen molar-refractivity contribution >= 4 is 5.91 Å². The van der Waals surface area contributed by atoms with Gasteiger partial charge in [-0.1, -0.05) is 44.0 Å². The summed E-state index contributed by atoms with van der Waals surface area (Å²) < 4.78 is 0. The summed E-state index contributed by atoms with van der Waals surface area (Å²) >= 11 is 0. The Hall–Kier alpha value is -1.35. The van der Waals surface area contributed by atoms with Gasteiger partial charge in [0.05, 0.1) is 6.10 Å². The molecule has 2 N–H and O–H groups in total. The summed E-state index contributed by atoms with van der Waals surface area (Å²) in [6.45, 7) is 4.49. The number of nitrogens with one attached hydrogen (secondary N) is 1. The molecule has 0 bridgehead atoms. The van der Waals surface area contributed by atoms with Crippen LogP contribution in [0.15, 0.2) is 24.3 Å². The molecule has 3 atom stereocenters. The summed E-state index contributed by atoms with van der Waals surface area (Å²) in [5, 5.41) is 13.1. The molecular weight excluding hydrogens is 250 g/mol. The fourth-order valence-corrected chi connectivity index (χ4v) is 3.08. The maximum atomic E-state index is 12.1. The zero-order chi connectivity index (χ0) is 14.5. The first-order chi connectivity index (χ1) is 9.58. The van der Waals surface area contributed by atoms with Crippen LogP contribution >= 0.6 is 0 Å². The van der Waals surface area contributed by atoms with Crippen LogP contribution in [0.2, 0.25) is 0 Å². The van der Waals surface area contributed by atoms with Crippen LogP contribution in [-0.2, 0) is 4.79 Å². The third-order valence-corrected chi connectivity index (χ3v) is 4.32. The largest absolute Gasteiger partial charge is 0.387 e. The lowest BCUT2D eigenvalue weighted by molar-refractivity contribution is -0.126. The van der Waals surface area contributed by atoms with Crippen LogP contribution in [-0.4, -0.2) is 17.6 Å². The Bertz CT molecular complexity index is 458. The van der Waals surface area contributed by atoms with Crippen molar-refractivity contribution in [3.63, 3.8) is 0 Å². The summed E-state index contributed by atoms with van der Waals surface area (Å²) in [6, 6.07) is 7.75. The highest BCUT2D eigenvalue weighted by atomic mass is 16.3. The number of aliphatic hydroxyl groups excluding tert-OH is 1. The molecule has 0 aliphatic heterocycles. The van der Waals surface area contributed by atoms with Crippen LogP contribution < -0.4 is 5.32 Å². The maximum Gasteiger partial charge on any atom is 0.223 e.